The molecule has 0 saturated heterocycles. The van der Waals surface area contributed by atoms with Crippen molar-refractivity contribution >= 4 is 5.82 Å². The second-order valence-corrected chi connectivity index (χ2v) is 5.44. The Bertz CT molecular complexity index is 358. The van der Waals surface area contributed by atoms with Gasteiger partial charge < -0.3 is 10.6 Å². The minimum atomic E-state index is 0.190. The molecule has 0 aliphatic heterocycles. The molecule has 0 fully saturated rings. The predicted molar refractivity (Wildman–Crippen MR) is 74.4 cm³/mol. The van der Waals surface area contributed by atoms with Crippen LogP contribution in [0.25, 0.3) is 0 Å². The summed E-state index contributed by atoms with van der Waals surface area (Å²) in [6.45, 7) is 9.60. The summed E-state index contributed by atoms with van der Waals surface area (Å²) in [5, 5.41) is 0. The molecule has 1 rings (SSSR count). The number of nitrogens with zero attached hydrogens (tertiary/aromatic N) is 2. The molecule has 0 amide bonds. The molecule has 1 atom stereocenters. The lowest BCUT2D eigenvalue weighted by molar-refractivity contribution is 0.633. The third kappa shape index (κ3) is 4.35. The van der Waals surface area contributed by atoms with Gasteiger partial charge in [-0.2, -0.15) is 0 Å². The van der Waals surface area contributed by atoms with Crippen LogP contribution in [0.5, 0.6) is 0 Å². The van der Waals surface area contributed by atoms with Crippen molar-refractivity contribution in [2.45, 2.75) is 40.2 Å². The van der Waals surface area contributed by atoms with Gasteiger partial charge in [0.2, 0.25) is 0 Å². The van der Waals surface area contributed by atoms with Gasteiger partial charge in [0.05, 0.1) is 0 Å². The van der Waals surface area contributed by atoms with Crippen LogP contribution in [0.2, 0.25) is 0 Å². The van der Waals surface area contributed by atoms with Crippen molar-refractivity contribution in [2.75, 3.05) is 18.5 Å². The summed E-state index contributed by atoms with van der Waals surface area (Å²) in [4.78, 5) is 6.77. The van der Waals surface area contributed by atoms with Gasteiger partial charge in [-0.05, 0) is 37.3 Å². The molecule has 1 aromatic rings. The first kappa shape index (κ1) is 14.0. The average Bonchev–Trinajstić information content (AvgIpc) is 2.14. The highest BCUT2D eigenvalue weighted by molar-refractivity contribution is 5.46. The smallest absolute Gasteiger partial charge is 0.131 e. The van der Waals surface area contributed by atoms with Crippen LogP contribution >= 0.6 is 0 Å². The maximum Gasteiger partial charge on any atom is 0.131 e. The highest BCUT2D eigenvalue weighted by Gasteiger charge is 2.09. The number of anilines is 1. The standard InChI is InChI=1S/C14H25N3/c1-10(2)9-17(5)14-11(3)6-13(8-16-14)7-12(4)15/h6,8,10,12H,7,9,15H2,1-5H3. The summed E-state index contributed by atoms with van der Waals surface area (Å²) < 4.78 is 0. The number of hydrogen-bond donors (Lipinski definition) is 1. The summed E-state index contributed by atoms with van der Waals surface area (Å²) in [7, 11) is 2.10. The Hall–Kier alpha value is -1.09. The third-order valence-electron chi connectivity index (χ3n) is 2.67. The van der Waals surface area contributed by atoms with Crippen molar-refractivity contribution in [1.29, 1.82) is 0 Å². The lowest BCUT2D eigenvalue weighted by Gasteiger charge is -2.22. The van der Waals surface area contributed by atoms with E-state index in [9.17, 15) is 0 Å². The monoisotopic (exact) mass is 235 g/mol. The lowest BCUT2D eigenvalue weighted by Crippen LogP contribution is -2.24. The molecule has 0 aliphatic carbocycles. The van der Waals surface area contributed by atoms with Crippen LogP contribution in [0.15, 0.2) is 12.3 Å². The van der Waals surface area contributed by atoms with Gasteiger partial charge in [0, 0.05) is 25.8 Å². The van der Waals surface area contributed by atoms with Gasteiger partial charge in [-0.3, -0.25) is 0 Å². The van der Waals surface area contributed by atoms with E-state index >= 15 is 0 Å². The van der Waals surface area contributed by atoms with Crippen LogP contribution < -0.4 is 10.6 Å². The molecule has 3 nitrogen and oxygen atoms in total. The first-order valence-electron chi connectivity index (χ1n) is 6.32. The number of aryl methyl sites for hydroxylation is 1. The van der Waals surface area contributed by atoms with Crippen molar-refractivity contribution in [2.24, 2.45) is 11.7 Å². The normalized spacial score (nSPS) is 12.9. The lowest BCUT2D eigenvalue weighted by atomic mass is 10.1. The van der Waals surface area contributed by atoms with E-state index in [1.807, 2.05) is 13.1 Å². The largest absolute Gasteiger partial charge is 0.359 e. The van der Waals surface area contributed by atoms with Crippen molar-refractivity contribution in [3.05, 3.63) is 23.4 Å². The number of hydrogen-bond acceptors (Lipinski definition) is 3. The molecule has 3 heteroatoms. The molecule has 1 heterocycles. The van der Waals surface area contributed by atoms with Crippen LogP contribution in [0.4, 0.5) is 5.82 Å². The van der Waals surface area contributed by atoms with E-state index in [4.69, 9.17) is 5.73 Å². The van der Waals surface area contributed by atoms with E-state index in [-0.39, 0.29) is 6.04 Å². The van der Waals surface area contributed by atoms with Gasteiger partial charge in [-0.15, -0.1) is 0 Å². The Balaban J connectivity index is 2.82. The summed E-state index contributed by atoms with van der Waals surface area (Å²) in [5.74, 6) is 1.72. The molecular weight excluding hydrogens is 210 g/mol. The quantitative estimate of drug-likeness (QED) is 0.852. The van der Waals surface area contributed by atoms with Gasteiger partial charge in [0.25, 0.3) is 0 Å². The van der Waals surface area contributed by atoms with Crippen LogP contribution in [0.3, 0.4) is 0 Å². The molecule has 0 bridgehead atoms. The van der Waals surface area contributed by atoms with E-state index in [0.717, 1.165) is 18.8 Å². The van der Waals surface area contributed by atoms with E-state index in [0.29, 0.717) is 5.92 Å². The molecule has 1 unspecified atom stereocenters. The SMILES string of the molecule is Cc1cc(CC(C)N)cnc1N(C)CC(C)C. The number of pyridine rings is 1. The van der Waals surface area contributed by atoms with Crippen molar-refractivity contribution in [3.8, 4) is 0 Å². The Kier molecular flexibility index (Phi) is 4.94. The van der Waals surface area contributed by atoms with E-state index in [2.05, 4.69) is 43.8 Å². The summed E-state index contributed by atoms with van der Waals surface area (Å²) in [6.07, 6.45) is 2.84. The first-order chi connectivity index (χ1) is 7.90. The zero-order valence-corrected chi connectivity index (χ0v) is 11.7. The molecular formula is C14H25N3. The van der Waals surface area contributed by atoms with Crippen LogP contribution in [0.1, 0.15) is 31.9 Å². The van der Waals surface area contributed by atoms with Gasteiger partial charge in [0.1, 0.15) is 5.82 Å². The Labute approximate surface area is 105 Å². The predicted octanol–water partition coefficient (Wildman–Crippen LogP) is 2.37. The molecule has 2 N–H and O–H groups in total. The van der Waals surface area contributed by atoms with Gasteiger partial charge >= 0.3 is 0 Å². The molecule has 0 spiro atoms. The molecule has 17 heavy (non-hydrogen) atoms. The second kappa shape index (κ2) is 6.01. The van der Waals surface area contributed by atoms with Crippen LogP contribution in [-0.4, -0.2) is 24.6 Å². The first-order valence-corrected chi connectivity index (χ1v) is 6.32. The fourth-order valence-electron chi connectivity index (χ4n) is 2.14. The average molecular weight is 235 g/mol. The van der Waals surface area contributed by atoms with E-state index in [1.165, 1.54) is 11.1 Å². The summed E-state index contributed by atoms with van der Waals surface area (Å²) in [5.41, 5.74) is 8.25. The maximum absolute atomic E-state index is 5.80. The zero-order chi connectivity index (χ0) is 13.0. The Morgan fingerprint density at radius 2 is 2.00 bits per heavy atom. The highest BCUT2D eigenvalue weighted by atomic mass is 15.2. The molecule has 0 saturated carbocycles. The minimum Gasteiger partial charge on any atom is -0.359 e. The van der Waals surface area contributed by atoms with Gasteiger partial charge in [-0.25, -0.2) is 4.98 Å². The molecule has 96 valence electrons. The fourth-order valence-corrected chi connectivity index (χ4v) is 2.14. The van der Waals surface area contributed by atoms with Gasteiger partial charge in [0.15, 0.2) is 0 Å². The van der Waals surface area contributed by atoms with Gasteiger partial charge in [-0.1, -0.05) is 19.9 Å². The number of aromatic nitrogens is 1. The topological polar surface area (TPSA) is 42.1 Å². The molecule has 0 radical (unpaired) electrons. The minimum absolute atomic E-state index is 0.190. The molecule has 1 aromatic heterocycles. The fraction of sp³-hybridized carbons (Fsp3) is 0.643. The Morgan fingerprint density at radius 3 is 2.47 bits per heavy atom. The zero-order valence-electron chi connectivity index (χ0n) is 11.7. The summed E-state index contributed by atoms with van der Waals surface area (Å²) >= 11 is 0. The van der Waals surface area contributed by atoms with E-state index in [1.54, 1.807) is 0 Å². The summed E-state index contributed by atoms with van der Waals surface area (Å²) in [6, 6.07) is 2.39. The van der Waals surface area contributed by atoms with Crippen LogP contribution in [0, 0.1) is 12.8 Å². The van der Waals surface area contributed by atoms with E-state index < -0.39 is 0 Å². The van der Waals surface area contributed by atoms with Crippen molar-refractivity contribution < 1.29 is 0 Å². The number of nitrogens with two attached hydrogens (primary N) is 1. The second-order valence-electron chi connectivity index (χ2n) is 5.44. The van der Waals surface area contributed by atoms with Crippen molar-refractivity contribution in [3.63, 3.8) is 0 Å². The highest BCUT2D eigenvalue weighted by Crippen LogP contribution is 2.18. The van der Waals surface area contributed by atoms with Crippen LogP contribution in [-0.2, 0) is 6.42 Å². The molecule has 0 aromatic carbocycles. The Morgan fingerprint density at radius 1 is 1.35 bits per heavy atom. The molecule has 0 aliphatic rings. The maximum atomic E-state index is 5.80. The third-order valence-corrected chi connectivity index (χ3v) is 2.67. The van der Waals surface area contributed by atoms with Crippen molar-refractivity contribution in [1.82, 2.24) is 4.98 Å². The number of rotatable bonds is 5.